The van der Waals surface area contributed by atoms with E-state index in [1.165, 1.54) is 19.1 Å². The summed E-state index contributed by atoms with van der Waals surface area (Å²) in [6, 6.07) is 0. The third-order valence-corrected chi connectivity index (χ3v) is 2.77. The molecule has 1 heterocycles. The summed E-state index contributed by atoms with van der Waals surface area (Å²) >= 11 is 0. The predicted octanol–water partition coefficient (Wildman–Crippen LogP) is 2.01. The smallest absolute Gasteiger partial charge is 0.317 e. The van der Waals surface area contributed by atoms with E-state index in [2.05, 4.69) is 0 Å². The molecular formula is C9H12O2. The van der Waals surface area contributed by atoms with Gasteiger partial charge in [0.15, 0.2) is 0 Å². The summed E-state index contributed by atoms with van der Waals surface area (Å²) in [6.45, 7) is 0. The molecular weight excluding hydrogens is 140 g/mol. The summed E-state index contributed by atoms with van der Waals surface area (Å²) in [6.07, 6.45) is 8.79. The number of hydrogen-bond acceptors (Lipinski definition) is 2. The highest BCUT2D eigenvalue weighted by molar-refractivity contribution is 5.78. The molecule has 1 fully saturated rings. The third-order valence-electron chi connectivity index (χ3n) is 2.77. The van der Waals surface area contributed by atoms with E-state index in [1.807, 2.05) is 6.08 Å². The van der Waals surface area contributed by atoms with Gasteiger partial charge in [0.1, 0.15) is 0 Å². The van der Waals surface area contributed by atoms with Gasteiger partial charge in [-0.2, -0.15) is 0 Å². The molecule has 60 valence electrons. The van der Waals surface area contributed by atoms with Crippen molar-refractivity contribution in [3.63, 3.8) is 0 Å². The Morgan fingerprint density at radius 3 is 2.73 bits per heavy atom. The van der Waals surface area contributed by atoms with Crippen molar-refractivity contribution in [1.82, 2.24) is 0 Å². The minimum absolute atomic E-state index is 0.00231. The first-order chi connectivity index (χ1) is 5.33. The van der Waals surface area contributed by atoms with E-state index in [9.17, 15) is 4.79 Å². The molecule has 0 aromatic carbocycles. The van der Waals surface area contributed by atoms with E-state index in [-0.39, 0.29) is 11.4 Å². The fraction of sp³-hybridized carbons (Fsp3) is 0.667. The average Bonchev–Trinajstić information content (AvgIpc) is 2.46. The molecule has 0 aromatic rings. The van der Waals surface area contributed by atoms with Gasteiger partial charge in [0, 0.05) is 0 Å². The SMILES string of the molecule is O=C1OC=CCC12CCCC2. The maximum Gasteiger partial charge on any atom is 0.317 e. The van der Waals surface area contributed by atoms with Crippen LogP contribution in [-0.4, -0.2) is 5.97 Å². The fourth-order valence-corrected chi connectivity index (χ4v) is 2.05. The maximum absolute atomic E-state index is 11.3. The zero-order valence-electron chi connectivity index (χ0n) is 6.51. The van der Waals surface area contributed by atoms with E-state index in [1.54, 1.807) is 0 Å². The van der Waals surface area contributed by atoms with Crippen LogP contribution >= 0.6 is 0 Å². The van der Waals surface area contributed by atoms with Crippen molar-refractivity contribution in [3.05, 3.63) is 12.3 Å². The molecule has 1 spiro atoms. The molecule has 0 saturated heterocycles. The van der Waals surface area contributed by atoms with Gasteiger partial charge in [0.05, 0.1) is 11.7 Å². The number of carbonyl (C=O) groups is 1. The Morgan fingerprint density at radius 1 is 1.36 bits per heavy atom. The second kappa shape index (κ2) is 2.36. The molecule has 2 rings (SSSR count). The Balaban J connectivity index is 2.22. The largest absolute Gasteiger partial charge is 0.434 e. The summed E-state index contributed by atoms with van der Waals surface area (Å²) in [5.74, 6) is -0.00231. The van der Waals surface area contributed by atoms with E-state index < -0.39 is 0 Å². The summed E-state index contributed by atoms with van der Waals surface area (Å²) in [5.41, 5.74) is -0.116. The molecule has 1 saturated carbocycles. The molecule has 2 heteroatoms. The second-order valence-electron chi connectivity index (χ2n) is 3.47. The number of carbonyl (C=O) groups excluding carboxylic acids is 1. The average molecular weight is 152 g/mol. The maximum atomic E-state index is 11.3. The molecule has 0 aromatic heterocycles. The summed E-state index contributed by atoms with van der Waals surface area (Å²) in [4.78, 5) is 11.3. The predicted molar refractivity (Wildman–Crippen MR) is 40.8 cm³/mol. The Morgan fingerprint density at radius 2 is 2.09 bits per heavy atom. The summed E-state index contributed by atoms with van der Waals surface area (Å²) < 4.78 is 4.90. The minimum atomic E-state index is -0.116. The molecule has 11 heavy (non-hydrogen) atoms. The van der Waals surface area contributed by atoms with Gasteiger partial charge in [0.2, 0.25) is 0 Å². The standard InChI is InChI=1S/C9H12O2/c10-8-9(4-1-2-5-9)6-3-7-11-8/h3,7H,1-2,4-6H2. The number of hydrogen-bond donors (Lipinski definition) is 0. The summed E-state index contributed by atoms with van der Waals surface area (Å²) in [7, 11) is 0. The lowest BCUT2D eigenvalue weighted by atomic mass is 9.82. The van der Waals surface area contributed by atoms with E-state index in [0.29, 0.717) is 0 Å². The lowest BCUT2D eigenvalue weighted by Crippen LogP contribution is -2.30. The normalized spacial score (nSPS) is 27.5. The first-order valence-corrected chi connectivity index (χ1v) is 4.20. The van der Waals surface area contributed by atoms with Crippen LogP contribution in [-0.2, 0) is 9.53 Å². The topological polar surface area (TPSA) is 26.3 Å². The van der Waals surface area contributed by atoms with Crippen LogP contribution in [0, 0.1) is 5.41 Å². The van der Waals surface area contributed by atoms with Crippen LogP contribution in [0.1, 0.15) is 32.1 Å². The highest BCUT2D eigenvalue weighted by atomic mass is 16.5. The molecule has 0 N–H and O–H groups in total. The van der Waals surface area contributed by atoms with Crippen LogP contribution in [0.25, 0.3) is 0 Å². The molecule has 1 aliphatic carbocycles. The highest BCUT2D eigenvalue weighted by Gasteiger charge is 2.42. The van der Waals surface area contributed by atoms with Crippen molar-refractivity contribution < 1.29 is 9.53 Å². The van der Waals surface area contributed by atoms with Crippen molar-refractivity contribution in [3.8, 4) is 0 Å². The van der Waals surface area contributed by atoms with Gasteiger partial charge in [-0.05, 0) is 25.3 Å². The highest BCUT2D eigenvalue weighted by Crippen LogP contribution is 2.43. The van der Waals surface area contributed by atoms with Crippen LogP contribution in [0.2, 0.25) is 0 Å². The number of allylic oxidation sites excluding steroid dienone is 1. The van der Waals surface area contributed by atoms with Crippen LogP contribution in [0.3, 0.4) is 0 Å². The quantitative estimate of drug-likeness (QED) is 0.496. The van der Waals surface area contributed by atoms with Crippen LogP contribution < -0.4 is 0 Å². The van der Waals surface area contributed by atoms with Gasteiger partial charge >= 0.3 is 5.97 Å². The first-order valence-electron chi connectivity index (χ1n) is 4.20. The van der Waals surface area contributed by atoms with Gasteiger partial charge in [0.25, 0.3) is 0 Å². The minimum Gasteiger partial charge on any atom is -0.434 e. The lowest BCUT2D eigenvalue weighted by Gasteiger charge is -2.26. The van der Waals surface area contributed by atoms with Crippen molar-refractivity contribution >= 4 is 5.97 Å². The molecule has 2 aliphatic rings. The van der Waals surface area contributed by atoms with Gasteiger partial charge in [-0.15, -0.1) is 0 Å². The zero-order chi connectivity index (χ0) is 7.73. The monoisotopic (exact) mass is 152 g/mol. The van der Waals surface area contributed by atoms with Gasteiger partial charge in [-0.3, -0.25) is 4.79 Å². The Kier molecular flexibility index (Phi) is 1.48. The molecule has 0 atom stereocenters. The van der Waals surface area contributed by atoms with Crippen LogP contribution in [0.4, 0.5) is 0 Å². The molecule has 0 amide bonds. The van der Waals surface area contributed by atoms with E-state index >= 15 is 0 Å². The van der Waals surface area contributed by atoms with Crippen LogP contribution in [0.5, 0.6) is 0 Å². The van der Waals surface area contributed by atoms with Gasteiger partial charge in [-0.1, -0.05) is 12.8 Å². The molecule has 0 unspecified atom stereocenters. The van der Waals surface area contributed by atoms with E-state index in [0.717, 1.165) is 19.3 Å². The second-order valence-corrected chi connectivity index (χ2v) is 3.47. The Labute approximate surface area is 66.2 Å². The van der Waals surface area contributed by atoms with Crippen molar-refractivity contribution in [2.45, 2.75) is 32.1 Å². The molecule has 2 nitrogen and oxygen atoms in total. The number of ether oxygens (including phenoxy) is 1. The summed E-state index contributed by atoms with van der Waals surface area (Å²) in [5, 5.41) is 0. The lowest BCUT2D eigenvalue weighted by molar-refractivity contribution is -0.151. The third kappa shape index (κ3) is 0.971. The van der Waals surface area contributed by atoms with Crippen molar-refractivity contribution in [2.24, 2.45) is 5.41 Å². The molecule has 0 bridgehead atoms. The van der Waals surface area contributed by atoms with Crippen LogP contribution in [0.15, 0.2) is 12.3 Å². The van der Waals surface area contributed by atoms with E-state index in [4.69, 9.17) is 4.74 Å². The molecule has 0 radical (unpaired) electrons. The van der Waals surface area contributed by atoms with Gasteiger partial charge in [-0.25, -0.2) is 0 Å². The molecule has 1 aliphatic heterocycles. The number of esters is 1. The van der Waals surface area contributed by atoms with Gasteiger partial charge < -0.3 is 4.74 Å². The van der Waals surface area contributed by atoms with Crippen molar-refractivity contribution in [2.75, 3.05) is 0 Å². The number of cyclic esters (lactones) is 1. The Hall–Kier alpha value is -0.790. The Bertz CT molecular complexity index is 200. The fourth-order valence-electron chi connectivity index (χ4n) is 2.05. The number of rotatable bonds is 0. The zero-order valence-corrected chi connectivity index (χ0v) is 6.51. The first kappa shape index (κ1) is 6.89. The van der Waals surface area contributed by atoms with Crippen molar-refractivity contribution in [1.29, 1.82) is 0 Å².